The Bertz CT molecular complexity index is 525. The highest BCUT2D eigenvalue weighted by Crippen LogP contribution is 2.27. The first-order valence-corrected chi connectivity index (χ1v) is 8.23. The normalized spacial score (nSPS) is 24.0. The van der Waals surface area contributed by atoms with Crippen molar-refractivity contribution in [1.29, 1.82) is 0 Å². The predicted molar refractivity (Wildman–Crippen MR) is 84.9 cm³/mol. The zero-order chi connectivity index (χ0) is 14.8. The number of aromatic nitrogens is 2. The van der Waals surface area contributed by atoms with E-state index in [1.54, 1.807) is 6.07 Å². The molecule has 0 aliphatic carbocycles. The minimum absolute atomic E-state index is 0.0386. The molecule has 5 heteroatoms. The van der Waals surface area contributed by atoms with E-state index in [9.17, 15) is 4.79 Å². The molecule has 1 unspecified atom stereocenters. The summed E-state index contributed by atoms with van der Waals surface area (Å²) in [5, 5.41) is 3.62. The van der Waals surface area contributed by atoms with Crippen LogP contribution < -0.4 is 15.8 Å². The molecule has 0 amide bonds. The van der Waals surface area contributed by atoms with Crippen molar-refractivity contribution in [1.82, 2.24) is 15.3 Å². The minimum Gasteiger partial charge on any atom is -0.356 e. The molecule has 0 radical (unpaired) electrons. The second-order valence-electron chi connectivity index (χ2n) is 6.67. The van der Waals surface area contributed by atoms with Gasteiger partial charge in [0.25, 0.3) is 5.56 Å². The van der Waals surface area contributed by atoms with Crippen LogP contribution in [0.1, 0.15) is 51.3 Å². The Hall–Kier alpha value is -1.36. The van der Waals surface area contributed by atoms with Gasteiger partial charge in [-0.05, 0) is 38.1 Å². The lowest BCUT2D eigenvalue weighted by molar-refractivity contribution is 0.318. The molecule has 2 aliphatic rings. The van der Waals surface area contributed by atoms with Crippen LogP contribution in [-0.4, -0.2) is 35.6 Å². The van der Waals surface area contributed by atoms with Crippen LogP contribution in [0.25, 0.3) is 0 Å². The third-order valence-corrected chi connectivity index (χ3v) is 4.82. The van der Waals surface area contributed by atoms with Crippen LogP contribution in [0.4, 0.5) is 5.82 Å². The van der Waals surface area contributed by atoms with Gasteiger partial charge in [-0.25, -0.2) is 4.98 Å². The van der Waals surface area contributed by atoms with Gasteiger partial charge < -0.3 is 15.2 Å². The molecule has 21 heavy (non-hydrogen) atoms. The highest BCUT2D eigenvalue weighted by atomic mass is 16.1. The number of nitrogens with one attached hydrogen (secondary N) is 2. The van der Waals surface area contributed by atoms with Crippen LogP contribution in [0, 0.1) is 5.92 Å². The monoisotopic (exact) mass is 290 g/mol. The maximum atomic E-state index is 11.8. The summed E-state index contributed by atoms with van der Waals surface area (Å²) in [5.74, 6) is 2.67. The fraction of sp³-hybridized carbons (Fsp3) is 0.750. The fourth-order valence-corrected chi connectivity index (χ4v) is 3.54. The van der Waals surface area contributed by atoms with E-state index >= 15 is 0 Å². The van der Waals surface area contributed by atoms with E-state index in [2.05, 4.69) is 34.0 Å². The average molecular weight is 290 g/mol. The Balaban J connectivity index is 1.67. The lowest BCUT2D eigenvalue weighted by atomic mass is 9.88. The van der Waals surface area contributed by atoms with Crippen molar-refractivity contribution in [2.45, 2.75) is 51.5 Å². The highest BCUT2D eigenvalue weighted by Gasteiger charge is 2.28. The van der Waals surface area contributed by atoms with Crippen molar-refractivity contribution >= 4 is 5.82 Å². The summed E-state index contributed by atoms with van der Waals surface area (Å²) in [5.41, 5.74) is -0.0386. The second-order valence-corrected chi connectivity index (χ2v) is 6.67. The van der Waals surface area contributed by atoms with Gasteiger partial charge >= 0.3 is 0 Å². The Labute approximate surface area is 126 Å². The van der Waals surface area contributed by atoms with Crippen LogP contribution >= 0.6 is 0 Å². The lowest BCUT2D eigenvalue weighted by Crippen LogP contribution is -2.41. The number of aromatic amines is 1. The topological polar surface area (TPSA) is 61.0 Å². The van der Waals surface area contributed by atoms with Crippen LogP contribution in [0.3, 0.4) is 0 Å². The molecule has 0 bridgehead atoms. The van der Waals surface area contributed by atoms with Crippen molar-refractivity contribution in [2.75, 3.05) is 24.5 Å². The molecule has 1 atom stereocenters. The van der Waals surface area contributed by atoms with Crippen LogP contribution in [0.15, 0.2) is 10.9 Å². The second kappa shape index (κ2) is 6.18. The predicted octanol–water partition coefficient (Wildman–Crippen LogP) is 1.86. The first-order valence-electron chi connectivity index (χ1n) is 8.23. The van der Waals surface area contributed by atoms with Gasteiger partial charge in [-0.3, -0.25) is 4.79 Å². The van der Waals surface area contributed by atoms with Crippen molar-refractivity contribution in [3.05, 3.63) is 22.2 Å². The van der Waals surface area contributed by atoms with E-state index in [1.165, 1.54) is 32.2 Å². The lowest BCUT2D eigenvalue weighted by Gasteiger charge is -2.35. The maximum absolute atomic E-state index is 11.8. The number of anilines is 1. The summed E-state index contributed by atoms with van der Waals surface area (Å²) in [6.45, 7) is 7.31. The van der Waals surface area contributed by atoms with E-state index in [4.69, 9.17) is 0 Å². The van der Waals surface area contributed by atoms with Gasteiger partial charge in [-0.1, -0.05) is 13.8 Å². The summed E-state index contributed by atoms with van der Waals surface area (Å²) in [6.07, 6.45) is 5.04. The summed E-state index contributed by atoms with van der Waals surface area (Å²) in [4.78, 5) is 21.5. The van der Waals surface area contributed by atoms with Crippen molar-refractivity contribution in [3.8, 4) is 0 Å². The molecule has 1 aromatic heterocycles. The van der Waals surface area contributed by atoms with Crippen molar-refractivity contribution in [3.63, 3.8) is 0 Å². The molecule has 2 N–H and O–H groups in total. The summed E-state index contributed by atoms with van der Waals surface area (Å²) >= 11 is 0. The van der Waals surface area contributed by atoms with Gasteiger partial charge in [0.15, 0.2) is 0 Å². The van der Waals surface area contributed by atoms with Crippen molar-refractivity contribution in [2.24, 2.45) is 5.92 Å². The van der Waals surface area contributed by atoms with E-state index in [0.29, 0.717) is 6.04 Å². The minimum atomic E-state index is -0.0386. The van der Waals surface area contributed by atoms with Crippen LogP contribution in [0.2, 0.25) is 0 Å². The molecule has 3 rings (SSSR count). The molecular weight excluding hydrogens is 264 g/mol. The molecule has 0 aromatic carbocycles. The molecule has 1 aromatic rings. The largest absolute Gasteiger partial charge is 0.356 e. The quantitative estimate of drug-likeness (QED) is 0.892. The molecular formula is C16H26N4O. The number of H-pyrrole nitrogens is 1. The van der Waals surface area contributed by atoms with Crippen molar-refractivity contribution < 1.29 is 0 Å². The van der Waals surface area contributed by atoms with Gasteiger partial charge in [0.05, 0.1) is 0 Å². The fourth-order valence-electron chi connectivity index (χ4n) is 3.54. The number of nitrogens with zero attached hydrogens (tertiary/aromatic N) is 2. The van der Waals surface area contributed by atoms with E-state index < -0.39 is 0 Å². The molecule has 0 spiro atoms. The number of piperidine rings is 1. The van der Waals surface area contributed by atoms with E-state index in [0.717, 1.165) is 30.6 Å². The molecule has 2 fully saturated rings. The van der Waals surface area contributed by atoms with Gasteiger partial charge in [0.2, 0.25) is 0 Å². The highest BCUT2D eigenvalue weighted by molar-refractivity contribution is 5.38. The average Bonchev–Trinajstić information content (AvgIpc) is 3.01. The Morgan fingerprint density at radius 2 is 2.05 bits per heavy atom. The van der Waals surface area contributed by atoms with E-state index in [1.807, 2.05) is 0 Å². The molecule has 116 valence electrons. The molecule has 2 aliphatic heterocycles. The molecule has 2 saturated heterocycles. The number of rotatable bonds is 3. The number of hydrogen-bond donors (Lipinski definition) is 2. The van der Waals surface area contributed by atoms with Gasteiger partial charge in [-0.15, -0.1) is 0 Å². The van der Waals surface area contributed by atoms with E-state index in [-0.39, 0.29) is 11.5 Å². The van der Waals surface area contributed by atoms with Gasteiger partial charge in [0.1, 0.15) is 11.6 Å². The third-order valence-electron chi connectivity index (χ3n) is 4.82. The first-order chi connectivity index (χ1) is 10.1. The Kier molecular flexibility index (Phi) is 4.29. The molecule has 5 nitrogen and oxygen atoms in total. The molecule has 0 saturated carbocycles. The smallest absolute Gasteiger partial charge is 0.252 e. The van der Waals surface area contributed by atoms with Crippen LogP contribution in [0.5, 0.6) is 0 Å². The Morgan fingerprint density at radius 1 is 1.29 bits per heavy atom. The number of hydrogen-bond acceptors (Lipinski definition) is 4. The zero-order valence-corrected chi connectivity index (χ0v) is 13.1. The maximum Gasteiger partial charge on any atom is 0.252 e. The van der Waals surface area contributed by atoms with Crippen LogP contribution in [-0.2, 0) is 0 Å². The standard InChI is InChI=1S/C16H26N4O/c1-11(2)16-18-14(10-15(21)19-16)20-8-5-12(6-9-20)13-4-3-7-17-13/h10-13,17H,3-9H2,1-2H3,(H,18,19,21). The van der Waals surface area contributed by atoms with Gasteiger partial charge in [0, 0.05) is 31.1 Å². The van der Waals surface area contributed by atoms with Gasteiger partial charge in [-0.2, -0.15) is 0 Å². The Morgan fingerprint density at radius 3 is 2.67 bits per heavy atom. The summed E-state index contributed by atoms with van der Waals surface area (Å²) in [7, 11) is 0. The zero-order valence-electron chi connectivity index (χ0n) is 13.1. The third kappa shape index (κ3) is 3.28. The molecule has 3 heterocycles. The first kappa shape index (κ1) is 14.6. The summed E-state index contributed by atoms with van der Waals surface area (Å²) in [6, 6.07) is 2.35. The summed E-state index contributed by atoms with van der Waals surface area (Å²) < 4.78 is 0. The SMILES string of the molecule is CC(C)c1nc(N2CCC(C3CCCN3)CC2)cc(=O)[nH]1.